The topological polar surface area (TPSA) is 8.17 Å². The molecule has 0 saturated heterocycles. The molecule has 11 rings (SSSR count). The smallest absolute Gasteiger partial charge is 0.0775 e. The summed E-state index contributed by atoms with van der Waals surface area (Å²) in [6.07, 6.45) is 2.42. The molecule has 0 fully saturated rings. The lowest BCUT2D eigenvalue weighted by Crippen LogP contribution is -2.37. The molecule has 2 nitrogen and oxygen atoms in total. The molecule has 10 aromatic rings. The van der Waals surface area contributed by atoms with Gasteiger partial charge in [0.15, 0.2) is 0 Å². The van der Waals surface area contributed by atoms with Crippen LogP contribution in [0.4, 0.5) is 17.1 Å². The van der Waals surface area contributed by atoms with Crippen molar-refractivity contribution < 1.29 is 0 Å². The molecule has 0 aliphatic heterocycles. The largest absolute Gasteiger partial charge is 0.310 e. The highest BCUT2D eigenvalue weighted by Gasteiger charge is 2.37. The third-order valence-corrected chi connectivity index (χ3v) is 17.2. The van der Waals surface area contributed by atoms with Gasteiger partial charge in [-0.05, 0) is 113 Å². The molecule has 0 radical (unpaired) electrons. The summed E-state index contributed by atoms with van der Waals surface area (Å²) in [7, 11) is -1.54. The van der Waals surface area contributed by atoms with Gasteiger partial charge in [0.1, 0.15) is 0 Å². The molecule has 0 amide bonds. The Morgan fingerprint density at radius 2 is 1.14 bits per heavy atom. The van der Waals surface area contributed by atoms with Crippen LogP contribution in [0.1, 0.15) is 51.7 Å². The van der Waals surface area contributed by atoms with E-state index in [1.807, 2.05) is 11.3 Å². The Morgan fingerprint density at radius 3 is 1.92 bits per heavy atom. The molecule has 0 saturated carbocycles. The molecule has 63 heavy (non-hydrogen) atoms. The predicted molar refractivity (Wildman–Crippen MR) is 277 cm³/mol. The molecule has 0 bridgehead atoms. The van der Waals surface area contributed by atoms with E-state index in [1.54, 1.807) is 0 Å². The predicted octanol–water partition coefficient (Wildman–Crippen LogP) is 16.8. The van der Waals surface area contributed by atoms with E-state index >= 15 is 0 Å². The van der Waals surface area contributed by atoms with Gasteiger partial charge in [-0.25, -0.2) is 0 Å². The minimum Gasteiger partial charge on any atom is -0.310 e. The molecule has 2 aromatic heterocycles. The number of para-hydroxylation sites is 4. The van der Waals surface area contributed by atoms with Crippen molar-refractivity contribution in [2.45, 2.75) is 71.0 Å². The summed E-state index contributed by atoms with van der Waals surface area (Å²) < 4.78 is 5.19. The lowest BCUT2D eigenvalue weighted by molar-refractivity contribution is 0.332. The third-order valence-electron chi connectivity index (χ3n) is 14.0. The highest BCUT2D eigenvalue weighted by Crippen LogP contribution is 2.51. The Hall–Kier alpha value is -6.20. The summed E-state index contributed by atoms with van der Waals surface area (Å²) in [5.74, 6) is 0. The van der Waals surface area contributed by atoms with Gasteiger partial charge in [-0.1, -0.05) is 162 Å². The van der Waals surface area contributed by atoms with Gasteiger partial charge in [0.25, 0.3) is 0 Å². The number of rotatable bonds is 7. The Kier molecular flexibility index (Phi) is 9.24. The van der Waals surface area contributed by atoms with E-state index < -0.39 is 8.07 Å². The van der Waals surface area contributed by atoms with Gasteiger partial charge in [0.2, 0.25) is 0 Å². The Balaban J connectivity index is 1.14. The maximum absolute atomic E-state index is 2.57. The Bertz CT molecular complexity index is 3380. The Morgan fingerprint density at radius 1 is 0.508 bits per heavy atom. The number of aromatic nitrogens is 1. The van der Waals surface area contributed by atoms with Crippen molar-refractivity contribution in [3.8, 4) is 27.9 Å². The van der Waals surface area contributed by atoms with Crippen LogP contribution < -0.4 is 10.1 Å². The standard InChI is InChI=1S/C59H54N2SSi/c1-58(2)34-35-59(3,4)51-38-55-49(37-50(51)58)56-44(24-17-29-54(56)62-55)39-18-15-21-42(36-39)60(41-30-32-43(33-31-41)63(5,6)7)52-27-13-11-22-45(52)47-25-16-26-48-46-23-12-14-28-53(46)61(57(47)48)40-19-9-8-10-20-40/h8-33,36-38H,34-35H2,1-7H3. The number of anilines is 3. The molecule has 1 aliphatic carbocycles. The van der Waals surface area contributed by atoms with Crippen LogP contribution in [0.15, 0.2) is 176 Å². The normalized spacial score (nSPS) is 14.7. The van der Waals surface area contributed by atoms with Crippen molar-refractivity contribution in [3.63, 3.8) is 0 Å². The van der Waals surface area contributed by atoms with Crippen LogP contribution in [-0.2, 0) is 10.8 Å². The molecule has 310 valence electrons. The first-order valence-electron chi connectivity index (χ1n) is 22.6. The molecular formula is C59H54N2SSi. The van der Waals surface area contributed by atoms with Crippen molar-refractivity contribution >= 4 is 83.6 Å². The fraction of sp³-hybridized carbons (Fsp3) is 0.186. The van der Waals surface area contributed by atoms with Gasteiger partial charge >= 0.3 is 0 Å². The van der Waals surface area contributed by atoms with E-state index in [-0.39, 0.29) is 10.8 Å². The fourth-order valence-corrected chi connectivity index (χ4v) is 12.8. The molecule has 8 aromatic carbocycles. The van der Waals surface area contributed by atoms with Gasteiger partial charge in [0.05, 0.1) is 24.8 Å². The van der Waals surface area contributed by atoms with Crippen LogP contribution in [0.25, 0.3) is 69.9 Å². The number of fused-ring (bicyclic) bond motifs is 7. The van der Waals surface area contributed by atoms with Gasteiger partial charge < -0.3 is 9.47 Å². The monoisotopic (exact) mass is 850 g/mol. The van der Waals surface area contributed by atoms with Crippen molar-refractivity contribution in [1.29, 1.82) is 0 Å². The van der Waals surface area contributed by atoms with Crippen LogP contribution in [0.3, 0.4) is 0 Å². The number of thiophene rings is 1. The lowest BCUT2D eigenvalue weighted by Gasteiger charge is -2.41. The first kappa shape index (κ1) is 39.6. The Labute approximate surface area is 377 Å². The second-order valence-electron chi connectivity index (χ2n) is 20.0. The zero-order chi connectivity index (χ0) is 43.3. The van der Waals surface area contributed by atoms with Crippen LogP contribution in [0.2, 0.25) is 19.6 Å². The summed E-state index contributed by atoms with van der Waals surface area (Å²) in [6.45, 7) is 17.0. The molecule has 1 aliphatic rings. The summed E-state index contributed by atoms with van der Waals surface area (Å²) in [5.41, 5.74) is 15.2. The highest BCUT2D eigenvalue weighted by atomic mass is 32.1. The average Bonchev–Trinajstić information content (AvgIpc) is 3.84. The summed E-state index contributed by atoms with van der Waals surface area (Å²) >= 11 is 1.94. The van der Waals surface area contributed by atoms with E-state index in [0.717, 1.165) is 22.7 Å². The second-order valence-corrected chi connectivity index (χ2v) is 26.2. The van der Waals surface area contributed by atoms with Crippen LogP contribution in [0, 0.1) is 0 Å². The molecule has 4 heteroatoms. The minimum atomic E-state index is -1.54. The first-order valence-corrected chi connectivity index (χ1v) is 26.9. The second kappa shape index (κ2) is 14.7. The SMILES string of the molecule is CC1(C)CCC(C)(C)c2cc3c(cc21)sc1cccc(-c2cccc(N(c4ccc([Si](C)(C)C)cc4)c4ccccc4-c4cccc5c6ccccc6n(-c6ccccc6)c45)c2)c13. The van der Waals surface area contributed by atoms with Crippen LogP contribution in [0.5, 0.6) is 0 Å². The summed E-state index contributed by atoms with van der Waals surface area (Å²) in [4.78, 5) is 2.49. The maximum atomic E-state index is 2.57. The van der Waals surface area contributed by atoms with E-state index in [1.165, 1.54) is 93.4 Å². The quantitative estimate of drug-likeness (QED) is 0.145. The van der Waals surface area contributed by atoms with Gasteiger partial charge in [0, 0.05) is 59.1 Å². The highest BCUT2D eigenvalue weighted by molar-refractivity contribution is 7.26. The first-order chi connectivity index (χ1) is 30.4. The van der Waals surface area contributed by atoms with Crippen LogP contribution >= 0.6 is 11.3 Å². The number of benzene rings is 8. The van der Waals surface area contributed by atoms with Gasteiger partial charge in [-0.3, -0.25) is 0 Å². The van der Waals surface area contributed by atoms with Crippen molar-refractivity contribution in [2.75, 3.05) is 4.90 Å². The molecule has 0 N–H and O–H groups in total. The lowest BCUT2D eigenvalue weighted by atomic mass is 9.63. The minimum absolute atomic E-state index is 0.140. The molecular weight excluding hydrogens is 797 g/mol. The fourth-order valence-electron chi connectivity index (χ4n) is 10.5. The molecule has 2 heterocycles. The van der Waals surface area contributed by atoms with Crippen LogP contribution in [-0.4, -0.2) is 12.6 Å². The van der Waals surface area contributed by atoms with Gasteiger partial charge in [-0.2, -0.15) is 0 Å². The third kappa shape index (κ3) is 6.57. The molecule has 0 unspecified atom stereocenters. The van der Waals surface area contributed by atoms with Crippen molar-refractivity contribution in [1.82, 2.24) is 4.57 Å². The molecule has 0 atom stereocenters. The molecule has 0 spiro atoms. The van der Waals surface area contributed by atoms with E-state index in [2.05, 4.69) is 233 Å². The zero-order valence-electron chi connectivity index (χ0n) is 37.5. The summed E-state index contributed by atoms with van der Waals surface area (Å²) in [5, 5.41) is 6.70. The van der Waals surface area contributed by atoms with Crippen molar-refractivity contribution in [3.05, 3.63) is 187 Å². The maximum Gasteiger partial charge on any atom is 0.0775 e. The van der Waals surface area contributed by atoms with E-state index in [4.69, 9.17) is 0 Å². The average molecular weight is 851 g/mol. The number of nitrogens with zero attached hydrogens (tertiary/aromatic N) is 2. The zero-order valence-corrected chi connectivity index (χ0v) is 39.3. The van der Waals surface area contributed by atoms with E-state index in [0.29, 0.717) is 0 Å². The number of hydrogen-bond donors (Lipinski definition) is 0. The van der Waals surface area contributed by atoms with Crippen molar-refractivity contribution in [2.24, 2.45) is 0 Å². The summed E-state index contributed by atoms with van der Waals surface area (Å²) in [6, 6.07) is 66.2. The van der Waals surface area contributed by atoms with Gasteiger partial charge in [-0.15, -0.1) is 11.3 Å². The van der Waals surface area contributed by atoms with E-state index in [9.17, 15) is 0 Å². The number of hydrogen-bond acceptors (Lipinski definition) is 2.